The zero-order valence-electron chi connectivity index (χ0n) is 11.6. The minimum absolute atomic E-state index is 0.0151. The van der Waals surface area contributed by atoms with Gasteiger partial charge in [-0.05, 0) is 31.6 Å². The van der Waals surface area contributed by atoms with Gasteiger partial charge in [0.05, 0.1) is 0 Å². The van der Waals surface area contributed by atoms with E-state index in [9.17, 15) is 0 Å². The maximum atomic E-state index is 5.94. The summed E-state index contributed by atoms with van der Waals surface area (Å²) in [6, 6.07) is 1.93. The molecule has 1 unspecified atom stereocenters. The molecule has 0 bridgehead atoms. The fourth-order valence-electron chi connectivity index (χ4n) is 3.17. The van der Waals surface area contributed by atoms with E-state index in [1.807, 2.05) is 6.07 Å². The minimum Gasteiger partial charge on any atom is -0.384 e. The summed E-state index contributed by atoms with van der Waals surface area (Å²) in [4.78, 5) is 9.16. The number of anilines is 1. The highest BCUT2D eigenvalue weighted by molar-refractivity contribution is 5.33. The Labute approximate surface area is 114 Å². The van der Waals surface area contributed by atoms with E-state index in [0.717, 1.165) is 11.5 Å². The molecule has 1 aromatic rings. The van der Waals surface area contributed by atoms with Crippen LogP contribution in [0.3, 0.4) is 0 Å². The molecule has 0 amide bonds. The molecule has 2 aliphatic rings. The summed E-state index contributed by atoms with van der Waals surface area (Å²) in [6.45, 7) is 0. The Morgan fingerprint density at radius 2 is 1.89 bits per heavy atom. The first-order chi connectivity index (χ1) is 9.28. The lowest BCUT2D eigenvalue weighted by Gasteiger charge is -2.28. The fraction of sp³-hybridized carbons (Fsp3) is 0.733. The molecular weight excluding hydrogens is 238 g/mol. The highest BCUT2D eigenvalue weighted by Gasteiger charge is 2.30. The quantitative estimate of drug-likeness (QED) is 0.904. The van der Waals surface area contributed by atoms with Crippen LogP contribution in [0.2, 0.25) is 0 Å². The second kappa shape index (κ2) is 5.45. The van der Waals surface area contributed by atoms with Crippen LogP contribution in [0.5, 0.6) is 0 Å². The number of rotatable bonds is 4. The zero-order valence-corrected chi connectivity index (χ0v) is 11.6. The van der Waals surface area contributed by atoms with Crippen molar-refractivity contribution >= 4 is 5.82 Å². The summed E-state index contributed by atoms with van der Waals surface area (Å²) in [5.41, 5.74) is 7.05. The molecule has 2 fully saturated rings. The second-order valence-corrected chi connectivity index (χ2v) is 5.90. The van der Waals surface area contributed by atoms with Gasteiger partial charge in [-0.2, -0.15) is 0 Å². The van der Waals surface area contributed by atoms with Crippen LogP contribution in [0.25, 0.3) is 0 Å². The maximum absolute atomic E-state index is 5.94. The van der Waals surface area contributed by atoms with Gasteiger partial charge in [0, 0.05) is 24.8 Å². The van der Waals surface area contributed by atoms with Crippen LogP contribution >= 0.6 is 0 Å². The lowest BCUT2D eigenvalue weighted by Crippen LogP contribution is -2.21. The van der Waals surface area contributed by atoms with E-state index in [4.69, 9.17) is 15.5 Å². The molecule has 0 saturated heterocycles. The maximum Gasteiger partial charge on any atom is 0.160 e. The molecule has 0 aliphatic heterocycles. The van der Waals surface area contributed by atoms with Crippen LogP contribution in [0.15, 0.2) is 6.07 Å². The molecule has 2 saturated carbocycles. The molecule has 0 spiro atoms. The predicted octanol–water partition coefficient (Wildman–Crippen LogP) is 3.20. The number of aromatic nitrogens is 2. The molecule has 4 heteroatoms. The van der Waals surface area contributed by atoms with Crippen LogP contribution in [0.1, 0.15) is 68.5 Å². The van der Waals surface area contributed by atoms with Crippen LogP contribution in [-0.2, 0) is 4.74 Å². The van der Waals surface area contributed by atoms with Gasteiger partial charge in [-0.3, -0.25) is 0 Å². The lowest BCUT2D eigenvalue weighted by molar-refractivity contribution is 0.0289. The molecular formula is C15H23N3O. The number of ether oxygens (including phenoxy) is 1. The van der Waals surface area contributed by atoms with E-state index in [2.05, 4.69) is 4.98 Å². The SMILES string of the molecule is COC(c1nc(N)cc(C2CC2)n1)C1CCCCC1. The molecule has 4 nitrogen and oxygen atoms in total. The molecule has 1 heterocycles. The van der Waals surface area contributed by atoms with Gasteiger partial charge in [-0.15, -0.1) is 0 Å². The van der Waals surface area contributed by atoms with Crippen molar-refractivity contribution in [1.29, 1.82) is 0 Å². The van der Waals surface area contributed by atoms with E-state index < -0.39 is 0 Å². The zero-order chi connectivity index (χ0) is 13.2. The first-order valence-electron chi connectivity index (χ1n) is 7.45. The number of nitrogens with zero attached hydrogens (tertiary/aromatic N) is 2. The van der Waals surface area contributed by atoms with Gasteiger partial charge in [-0.1, -0.05) is 19.3 Å². The topological polar surface area (TPSA) is 61.0 Å². The number of nitrogens with two attached hydrogens (primary N) is 1. The van der Waals surface area contributed by atoms with E-state index in [1.165, 1.54) is 44.9 Å². The lowest BCUT2D eigenvalue weighted by atomic mass is 9.85. The first kappa shape index (κ1) is 12.9. The minimum atomic E-state index is 0.0151. The van der Waals surface area contributed by atoms with Crippen molar-refractivity contribution in [2.24, 2.45) is 5.92 Å². The Hall–Kier alpha value is -1.16. The summed E-state index contributed by atoms with van der Waals surface area (Å²) in [5, 5.41) is 0. The third kappa shape index (κ3) is 2.89. The Bertz CT molecular complexity index is 439. The molecule has 1 aromatic heterocycles. The van der Waals surface area contributed by atoms with E-state index in [1.54, 1.807) is 7.11 Å². The summed E-state index contributed by atoms with van der Waals surface area (Å²) in [7, 11) is 1.77. The standard InChI is InChI=1S/C15H23N3O/c1-19-14(11-5-3-2-4-6-11)15-17-12(10-7-8-10)9-13(16)18-15/h9-11,14H,2-8H2,1H3,(H2,16,17,18). The Kier molecular flexibility index (Phi) is 3.69. The van der Waals surface area contributed by atoms with Crippen molar-refractivity contribution in [2.75, 3.05) is 12.8 Å². The summed E-state index contributed by atoms with van der Waals surface area (Å²) < 4.78 is 5.71. The number of nitrogen functional groups attached to an aromatic ring is 1. The molecule has 2 aliphatic carbocycles. The summed E-state index contributed by atoms with van der Waals surface area (Å²) in [5.74, 6) is 2.54. The summed E-state index contributed by atoms with van der Waals surface area (Å²) >= 11 is 0. The van der Waals surface area contributed by atoms with Crippen molar-refractivity contribution in [3.63, 3.8) is 0 Å². The van der Waals surface area contributed by atoms with Gasteiger partial charge in [0.2, 0.25) is 0 Å². The van der Waals surface area contributed by atoms with Gasteiger partial charge in [-0.25, -0.2) is 9.97 Å². The van der Waals surface area contributed by atoms with Crippen molar-refractivity contribution in [2.45, 2.75) is 57.0 Å². The third-order valence-corrected chi connectivity index (χ3v) is 4.37. The highest BCUT2D eigenvalue weighted by Crippen LogP contribution is 2.41. The van der Waals surface area contributed by atoms with E-state index >= 15 is 0 Å². The number of hydrogen-bond acceptors (Lipinski definition) is 4. The van der Waals surface area contributed by atoms with Gasteiger partial charge < -0.3 is 10.5 Å². The van der Waals surface area contributed by atoms with Crippen molar-refractivity contribution in [1.82, 2.24) is 9.97 Å². The van der Waals surface area contributed by atoms with Gasteiger partial charge >= 0.3 is 0 Å². The normalized spacial score (nSPS) is 22.4. The molecule has 0 radical (unpaired) electrons. The Morgan fingerprint density at radius 1 is 1.16 bits per heavy atom. The van der Waals surface area contributed by atoms with Crippen LogP contribution in [0, 0.1) is 5.92 Å². The second-order valence-electron chi connectivity index (χ2n) is 5.90. The van der Waals surface area contributed by atoms with Crippen LogP contribution in [0.4, 0.5) is 5.82 Å². The van der Waals surface area contributed by atoms with Gasteiger partial charge in [0.25, 0.3) is 0 Å². The predicted molar refractivity (Wildman–Crippen MR) is 74.7 cm³/mol. The smallest absolute Gasteiger partial charge is 0.160 e. The van der Waals surface area contributed by atoms with Crippen molar-refractivity contribution in [3.05, 3.63) is 17.6 Å². The van der Waals surface area contributed by atoms with E-state index in [0.29, 0.717) is 17.7 Å². The first-order valence-corrected chi connectivity index (χ1v) is 7.45. The monoisotopic (exact) mass is 261 g/mol. The van der Waals surface area contributed by atoms with Crippen LogP contribution < -0.4 is 5.73 Å². The molecule has 0 aromatic carbocycles. The molecule has 3 rings (SSSR count). The Morgan fingerprint density at radius 3 is 2.53 bits per heavy atom. The number of methoxy groups -OCH3 is 1. The number of hydrogen-bond donors (Lipinski definition) is 1. The third-order valence-electron chi connectivity index (χ3n) is 4.37. The Balaban J connectivity index is 1.84. The van der Waals surface area contributed by atoms with E-state index in [-0.39, 0.29) is 6.10 Å². The molecule has 19 heavy (non-hydrogen) atoms. The fourth-order valence-corrected chi connectivity index (χ4v) is 3.17. The van der Waals surface area contributed by atoms with Crippen LogP contribution in [-0.4, -0.2) is 17.1 Å². The highest BCUT2D eigenvalue weighted by atomic mass is 16.5. The van der Waals surface area contributed by atoms with Gasteiger partial charge in [0.1, 0.15) is 11.9 Å². The molecule has 1 atom stereocenters. The molecule has 2 N–H and O–H groups in total. The average Bonchev–Trinajstić information content (AvgIpc) is 3.24. The average molecular weight is 261 g/mol. The van der Waals surface area contributed by atoms with Crippen molar-refractivity contribution < 1.29 is 4.74 Å². The van der Waals surface area contributed by atoms with Gasteiger partial charge in [0.15, 0.2) is 5.82 Å². The molecule has 104 valence electrons. The summed E-state index contributed by atoms with van der Waals surface area (Å²) in [6.07, 6.45) is 8.85. The largest absolute Gasteiger partial charge is 0.384 e. The van der Waals surface area contributed by atoms with Crippen molar-refractivity contribution in [3.8, 4) is 0 Å².